The highest BCUT2D eigenvalue weighted by Crippen LogP contribution is 2.24. The van der Waals surface area contributed by atoms with Crippen LogP contribution in [0.1, 0.15) is 24.8 Å². The molecule has 2 heterocycles. The quantitative estimate of drug-likeness (QED) is 0.468. The normalized spacial score (nSPS) is 16.1. The molecule has 0 radical (unpaired) electrons. The molecule has 1 aromatic carbocycles. The molecule has 7 heteroatoms. The summed E-state index contributed by atoms with van der Waals surface area (Å²) in [4.78, 5) is 12.8. The molecule has 26 heavy (non-hydrogen) atoms. The van der Waals surface area contributed by atoms with E-state index in [0.717, 1.165) is 35.8 Å². The maximum Gasteiger partial charge on any atom is 0.269 e. The third kappa shape index (κ3) is 4.68. The van der Waals surface area contributed by atoms with Gasteiger partial charge in [0.15, 0.2) is 0 Å². The summed E-state index contributed by atoms with van der Waals surface area (Å²) in [5, 5.41) is 18.9. The van der Waals surface area contributed by atoms with Crippen LogP contribution in [0.5, 0.6) is 0 Å². The Balaban J connectivity index is 1.56. The molecular weight excluding hydrogens is 330 g/mol. The van der Waals surface area contributed by atoms with Crippen LogP contribution < -0.4 is 5.32 Å². The number of hydrogen-bond acceptors (Lipinski definition) is 5. The number of benzene rings is 1. The fraction of sp³-hybridized carbons (Fsp3) is 0.526. The maximum absolute atomic E-state index is 10.8. The van der Waals surface area contributed by atoms with E-state index in [1.165, 1.54) is 44.5 Å². The van der Waals surface area contributed by atoms with Gasteiger partial charge in [0.25, 0.3) is 5.69 Å². The van der Waals surface area contributed by atoms with Gasteiger partial charge in [0.2, 0.25) is 0 Å². The molecule has 1 aromatic heterocycles. The van der Waals surface area contributed by atoms with Gasteiger partial charge in [0.1, 0.15) is 0 Å². The summed E-state index contributed by atoms with van der Waals surface area (Å²) in [6.07, 6.45) is 5.80. The van der Waals surface area contributed by atoms with E-state index in [0.29, 0.717) is 0 Å². The van der Waals surface area contributed by atoms with Gasteiger partial charge in [-0.25, -0.2) is 0 Å². The maximum atomic E-state index is 10.8. The highest BCUT2D eigenvalue weighted by Gasteiger charge is 2.16. The molecule has 7 nitrogen and oxygen atoms in total. The Kier molecular flexibility index (Phi) is 6.00. The Morgan fingerprint density at radius 2 is 1.92 bits per heavy atom. The van der Waals surface area contributed by atoms with Crippen molar-refractivity contribution in [1.82, 2.24) is 20.0 Å². The summed E-state index contributed by atoms with van der Waals surface area (Å²) in [6.45, 7) is 4.17. The first-order valence-electron chi connectivity index (χ1n) is 9.19. The number of likely N-dealkylation sites (tertiary alicyclic amines) is 1. The van der Waals surface area contributed by atoms with Crippen LogP contribution in [0.15, 0.2) is 30.5 Å². The number of nitrogens with zero attached hydrogens (tertiary/aromatic N) is 4. The Labute approximate surface area is 154 Å². The SMILES string of the molecule is CN1CCC(CCNCc2cn(C)nc2-c2ccc([N+](=O)[O-])cc2)CC1. The molecule has 1 aliphatic heterocycles. The number of aryl methyl sites for hydroxylation is 1. The first kappa shape index (κ1) is 18.5. The average molecular weight is 357 g/mol. The third-order valence-electron chi connectivity index (χ3n) is 5.14. The molecule has 140 valence electrons. The molecule has 0 bridgehead atoms. The Morgan fingerprint density at radius 1 is 1.23 bits per heavy atom. The van der Waals surface area contributed by atoms with Gasteiger partial charge in [-0.2, -0.15) is 5.10 Å². The summed E-state index contributed by atoms with van der Waals surface area (Å²) < 4.78 is 1.80. The highest BCUT2D eigenvalue weighted by atomic mass is 16.6. The predicted molar refractivity (Wildman–Crippen MR) is 102 cm³/mol. The van der Waals surface area contributed by atoms with Crippen molar-refractivity contribution in [2.45, 2.75) is 25.8 Å². The zero-order valence-corrected chi connectivity index (χ0v) is 15.5. The van der Waals surface area contributed by atoms with Gasteiger partial charge in [-0.1, -0.05) is 0 Å². The van der Waals surface area contributed by atoms with E-state index >= 15 is 0 Å². The van der Waals surface area contributed by atoms with Crippen molar-refractivity contribution in [2.75, 3.05) is 26.7 Å². The topological polar surface area (TPSA) is 76.2 Å². The monoisotopic (exact) mass is 357 g/mol. The molecule has 1 fully saturated rings. The van der Waals surface area contributed by atoms with Crippen molar-refractivity contribution in [3.05, 3.63) is 46.1 Å². The van der Waals surface area contributed by atoms with Crippen LogP contribution in [0.4, 0.5) is 5.69 Å². The van der Waals surface area contributed by atoms with Gasteiger partial charge < -0.3 is 10.2 Å². The molecule has 0 unspecified atom stereocenters. The van der Waals surface area contributed by atoms with E-state index < -0.39 is 0 Å². The van der Waals surface area contributed by atoms with E-state index in [4.69, 9.17) is 0 Å². The zero-order valence-electron chi connectivity index (χ0n) is 15.5. The van der Waals surface area contributed by atoms with E-state index in [1.807, 2.05) is 13.2 Å². The lowest BCUT2D eigenvalue weighted by molar-refractivity contribution is -0.384. The molecule has 0 atom stereocenters. The summed E-state index contributed by atoms with van der Waals surface area (Å²) >= 11 is 0. The number of rotatable bonds is 7. The second-order valence-electron chi connectivity index (χ2n) is 7.19. The molecule has 3 rings (SSSR count). The molecule has 0 saturated carbocycles. The lowest BCUT2D eigenvalue weighted by atomic mass is 9.94. The van der Waals surface area contributed by atoms with Crippen molar-refractivity contribution >= 4 is 5.69 Å². The number of nitro benzene ring substituents is 1. The first-order valence-corrected chi connectivity index (χ1v) is 9.19. The van der Waals surface area contributed by atoms with Crippen molar-refractivity contribution in [3.63, 3.8) is 0 Å². The first-order chi connectivity index (χ1) is 12.5. The Morgan fingerprint density at radius 3 is 2.58 bits per heavy atom. The minimum atomic E-state index is -0.381. The lowest BCUT2D eigenvalue weighted by Crippen LogP contribution is -2.31. The smallest absolute Gasteiger partial charge is 0.269 e. The summed E-state index contributed by atoms with van der Waals surface area (Å²) in [5.41, 5.74) is 3.00. The zero-order chi connectivity index (χ0) is 18.5. The molecule has 0 amide bonds. The standard InChI is InChI=1S/C19H27N5O2/c1-22-11-8-15(9-12-22)7-10-20-13-17-14-23(2)21-19(17)16-3-5-18(6-4-16)24(25)26/h3-6,14-15,20H,7-13H2,1-2H3. The lowest BCUT2D eigenvalue weighted by Gasteiger charge is -2.28. The average Bonchev–Trinajstić information content (AvgIpc) is 3.01. The van der Waals surface area contributed by atoms with Gasteiger partial charge in [-0.05, 0) is 64.0 Å². The summed E-state index contributed by atoms with van der Waals surface area (Å²) in [6, 6.07) is 6.59. The van der Waals surface area contributed by atoms with Gasteiger partial charge in [0, 0.05) is 43.0 Å². The summed E-state index contributed by atoms with van der Waals surface area (Å²) in [7, 11) is 4.09. The van der Waals surface area contributed by atoms with Gasteiger partial charge in [0.05, 0.1) is 10.6 Å². The number of non-ortho nitro benzene ring substituents is 1. The second-order valence-corrected chi connectivity index (χ2v) is 7.19. The van der Waals surface area contributed by atoms with Crippen molar-refractivity contribution in [1.29, 1.82) is 0 Å². The van der Waals surface area contributed by atoms with Crippen LogP contribution in [0.25, 0.3) is 11.3 Å². The molecule has 0 spiro atoms. The van der Waals surface area contributed by atoms with E-state index in [9.17, 15) is 10.1 Å². The largest absolute Gasteiger partial charge is 0.313 e. The minimum Gasteiger partial charge on any atom is -0.313 e. The van der Waals surface area contributed by atoms with Crippen molar-refractivity contribution in [3.8, 4) is 11.3 Å². The molecular formula is C19H27N5O2. The number of nitro groups is 1. The highest BCUT2D eigenvalue weighted by molar-refractivity contribution is 5.64. The van der Waals surface area contributed by atoms with Crippen LogP contribution in [0, 0.1) is 16.0 Å². The number of aromatic nitrogens is 2. The second kappa shape index (κ2) is 8.42. The third-order valence-corrected chi connectivity index (χ3v) is 5.14. The Bertz CT molecular complexity index is 733. The number of piperidine rings is 1. The molecule has 0 aliphatic carbocycles. The predicted octanol–water partition coefficient (Wildman–Crippen LogP) is 2.82. The van der Waals surface area contributed by atoms with Gasteiger partial charge in [-0.15, -0.1) is 0 Å². The molecule has 1 saturated heterocycles. The van der Waals surface area contributed by atoms with Crippen LogP contribution in [-0.4, -0.2) is 46.3 Å². The van der Waals surface area contributed by atoms with E-state index in [1.54, 1.807) is 16.8 Å². The fourth-order valence-corrected chi connectivity index (χ4v) is 3.53. The van der Waals surface area contributed by atoms with Crippen LogP contribution in [-0.2, 0) is 13.6 Å². The number of hydrogen-bond donors (Lipinski definition) is 1. The van der Waals surface area contributed by atoms with E-state index in [2.05, 4.69) is 22.4 Å². The van der Waals surface area contributed by atoms with Crippen molar-refractivity contribution < 1.29 is 4.92 Å². The summed E-state index contributed by atoms with van der Waals surface area (Å²) in [5.74, 6) is 0.821. The fourth-order valence-electron chi connectivity index (χ4n) is 3.53. The minimum absolute atomic E-state index is 0.0995. The van der Waals surface area contributed by atoms with Gasteiger partial charge in [-0.3, -0.25) is 14.8 Å². The van der Waals surface area contributed by atoms with Crippen molar-refractivity contribution in [2.24, 2.45) is 13.0 Å². The Hall–Kier alpha value is -2.25. The van der Waals surface area contributed by atoms with Crippen LogP contribution in [0.3, 0.4) is 0 Å². The number of nitrogens with one attached hydrogen (secondary N) is 1. The molecule has 2 aromatic rings. The van der Waals surface area contributed by atoms with Gasteiger partial charge >= 0.3 is 0 Å². The molecule has 1 aliphatic rings. The molecule has 1 N–H and O–H groups in total. The van der Waals surface area contributed by atoms with E-state index in [-0.39, 0.29) is 10.6 Å². The van der Waals surface area contributed by atoms with Crippen LogP contribution >= 0.6 is 0 Å². The van der Waals surface area contributed by atoms with Crippen LogP contribution in [0.2, 0.25) is 0 Å².